The van der Waals surface area contributed by atoms with Gasteiger partial charge in [0.05, 0.1) is 0 Å². The zero-order chi connectivity index (χ0) is 15.9. The zero-order valence-corrected chi connectivity index (χ0v) is 21.2. The fourth-order valence-corrected chi connectivity index (χ4v) is 9.18. The molecule has 2 aliphatic carbocycles. The van der Waals surface area contributed by atoms with E-state index in [1.165, 1.54) is 64.6 Å². The molecule has 0 aromatic rings. The second-order valence-electron chi connectivity index (χ2n) is 8.01. The largest absolute Gasteiger partial charge is 2.00 e. The summed E-state index contributed by atoms with van der Waals surface area (Å²) in [4.78, 5) is 3.35. The smallest absolute Gasteiger partial charge is 0.358 e. The van der Waals surface area contributed by atoms with Gasteiger partial charge in [0.15, 0.2) is 0 Å². The van der Waals surface area contributed by atoms with Crippen LogP contribution in [-0.4, -0.2) is 37.4 Å². The van der Waals surface area contributed by atoms with Crippen LogP contribution in [-0.2, 0) is 17.1 Å². The van der Waals surface area contributed by atoms with Gasteiger partial charge in [-0.15, -0.1) is 0 Å². The van der Waals surface area contributed by atoms with E-state index < -0.39 is 8.07 Å². The number of nitrogens with zero attached hydrogens (tertiary/aromatic N) is 1. The van der Waals surface area contributed by atoms with E-state index in [0.29, 0.717) is 0 Å². The van der Waals surface area contributed by atoms with E-state index in [1.807, 2.05) is 0 Å². The molecule has 2 fully saturated rings. The van der Waals surface area contributed by atoms with E-state index in [4.69, 9.17) is 0 Å². The Morgan fingerprint density at radius 1 is 0.875 bits per heavy atom. The summed E-state index contributed by atoms with van der Waals surface area (Å²) in [5.74, 6) is 0.886. The Labute approximate surface area is 174 Å². The molecule has 24 heavy (non-hydrogen) atoms. The van der Waals surface area contributed by atoms with E-state index in [9.17, 15) is 0 Å². The molecule has 0 aromatic heterocycles. The molecule has 1 nitrogen and oxygen atoms in total. The van der Waals surface area contributed by atoms with Crippen molar-refractivity contribution in [2.75, 3.05) is 19.6 Å². The topological polar surface area (TPSA) is 3.24 Å². The summed E-state index contributed by atoms with van der Waals surface area (Å²) in [6.45, 7) is 15.8. The van der Waals surface area contributed by atoms with E-state index in [2.05, 4.69) is 54.3 Å². The molecule has 2 saturated carbocycles. The van der Waals surface area contributed by atoms with Crippen LogP contribution < -0.4 is 0 Å². The molecule has 0 spiro atoms. The van der Waals surface area contributed by atoms with Gasteiger partial charge in [0.2, 0.25) is 0 Å². The summed E-state index contributed by atoms with van der Waals surface area (Å²) < 4.78 is 0. The standard InChI is InChI=1S/C13H28BrNSi.C5H10.2CH3.Fe/c1-6-15(7-2)10-11-8-9-12(13(11)14)16(3,4)5;1-2-4-5-3-1;;;/h11-13H,6-10H2,1-5H3;1-5H2;2*1H3;/q;;2*-1;+2. The predicted octanol–water partition coefficient (Wildman–Crippen LogP) is 7.06. The molecule has 0 radical (unpaired) electrons. The molecule has 0 N–H and O–H groups in total. The van der Waals surface area contributed by atoms with Crippen molar-refractivity contribution in [1.29, 1.82) is 0 Å². The average Bonchev–Trinajstić information content (AvgIpc) is 3.08. The summed E-state index contributed by atoms with van der Waals surface area (Å²) >= 11 is 4.00. The van der Waals surface area contributed by atoms with Gasteiger partial charge in [0.25, 0.3) is 0 Å². The molecule has 2 aliphatic rings. The van der Waals surface area contributed by atoms with Crippen molar-refractivity contribution in [2.24, 2.45) is 5.92 Å². The van der Waals surface area contributed by atoms with Crippen LogP contribution in [0.4, 0.5) is 0 Å². The van der Waals surface area contributed by atoms with Crippen molar-refractivity contribution in [3.8, 4) is 0 Å². The zero-order valence-electron chi connectivity index (χ0n) is 17.5. The minimum atomic E-state index is -0.966. The van der Waals surface area contributed by atoms with Gasteiger partial charge >= 0.3 is 17.1 Å². The third-order valence-corrected chi connectivity index (χ3v) is 10.2. The van der Waals surface area contributed by atoms with Crippen molar-refractivity contribution in [2.45, 2.75) is 88.8 Å². The molecule has 0 heterocycles. The van der Waals surface area contributed by atoms with Gasteiger partial charge in [-0.1, -0.05) is 87.9 Å². The van der Waals surface area contributed by atoms with Crippen LogP contribution in [0.15, 0.2) is 0 Å². The first-order valence-electron chi connectivity index (χ1n) is 9.26. The van der Waals surface area contributed by atoms with Gasteiger partial charge in [-0.3, -0.25) is 0 Å². The molecular weight excluding hydrogens is 418 g/mol. The average molecular weight is 462 g/mol. The summed E-state index contributed by atoms with van der Waals surface area (Å²) in [5.41, 5.74) is 0.980. The molecule has 3 unspecified atom stereocenters. The first-order valence-corrected chi connectivity index (χ1v) is 13.8. The molecule has 0 amide bonds. The maximum absolute atomic E-state index is 4.00. The fourth-order valence-electron chi connectivity index (χ4n) is 3.84. The summed E-state index contributed by atoms with van der Waals surface area (Å²) in [6, 6.07) is 0. The Kier molecular flexibility index (Phi) is 19.0. The fraction of sp³-hybridized carbons (Fsp3) is 0.900. The van der Waals surface area contributed by atoms with E-state index >= 15 is 0 Å². The summed E-state index contributed by atoms with van der Waals surface area (Å²) in [6.07, 6.45) is 10.4. The summed E-state index contributed by atoms with van der Waals surface area (Å²) in [5, 5.41) is 0. The second-order valence-corrected chi connectivity index (χ2v) is 14.5. The monoisotopic (exact) mass is 461 g/mol. The SMILES string of the molecule is C1CCCC1.CCN(CC)CC1CCC([Si](C)(C)C)C1Br.[CH3-].[CH3-].[Fe+2]. The minimum Gasteiger partial charge on any atom is -0.358 e. The Morgan fingerprint density at radius 3 is 1.58 bits per heavy atom. The van der Waals surface area contributed by atoms with E-state index in [1.54, 1.807) is 0 Å². The van der Waals surface area contributed by atoms with Crippen molar-refractivity contribution < 1.29 is 17.1 Å². The van der Waals surface area contributed by atoms with E-state index in [0.717, 1.165) is 16.3 Å². The van der Waals surface area contributed by atoms with Crippen molar-refractivity contribution in [1.82, 2.24) is 4.90 Å². The predicted molar refractivity (Wildman–Crippen MR) is 116 cm³/mol. The van der Waals surface area contributed by atoms with Crippen molar-refractivity contribution >= 4 is 24.0 Å². The molecule has 0 bridgehead atoms. The molecule has 148 valence electrons. The Morgan fingerprint density at radius 2 is 1.29 bits per heavy atom. The number of hydrogen-bond acceptors (Lipinski definition) is 1. The molecule has 0 aliphatic heterocycles. The van der Waals surface area contributed by atoms with Crippen molar-refractivity contribution in [3.63, 3.8) is 0 Å². The van der Waals surface area contributed by atoms with Gasteiger partial charge in [-0.25, -0.2) is 0 Å². The molecular formula is C20H44BrFeNSi. The molecule has 0 saturated heterocycles. The number of hydrogen-bond donors (Lipinski definition) is 0. The first kappa shape index (κ1) is 29.9. The summed E-state index contributed by atoms with van der Waals surface area (Å²) in [7, 11) is -0.966. The molecule has 2 rings (SSSR count). The van der Waals surface area contributed by atoms with Crippen LogP contribution in [0.1, 0.15) is 58.8 Å². The molecule has 3 atom stereocenters. The minimum absolute atomic E-state index is 0. The molecule has 4 heteroatoms. The van der Waals surface area contributed by atoms with Crippen LogP contribution >= 0.6 is 15.9 Å². The quantitative estimate of drug-likeness (QED) is 0.240. The van der Waals surface area contributed by atoms with Crippen molar-refractivity contribution in [3.05, 3.63) is 14.9 Å². The number of halogens is 1. The molecule has 0 aromatic carbocycles. The van der Waals surface area contributed by atoms with Crippen LogP contribution in [0.5, 0.6) is 0 Å². The normalized spacial score (nSPS) is 25.9. The van der Waals surface area contributed by atoms with Crippen LogP contribution in [0.2, 0.25) is 25.2 Å². The third kappa shape index (κ3) is 10.4. The second kappa shape index (κ2) is 15.3. The maximum Gasteiger partial charge on any atom is 2.00 e. The van der Waals surface area contributed by atoms with Gasteiger partial charge in [0, 0.05) is 19.4 Å². The van der Waals surface area contributed by atoms with Gasteiger partial charge in [-0.2, -0.15) is 0 Å². The first-order chi connectivity index (χ1) is 9.90. The Bertz CT molecular complexity index is 268. The van der Waals surface area contributed by atoms with Gasteiger partial charge in [0.1, 0.15) is 0 Å². The van der Waals surface area contributed by atoms with Gasteiger partial charge < -0.3 is 19.8 Å². The third-order valence-electron chi connectivity index (χ3n) is 5.43. The Balaban J connectivity index is -0.000000475. The number of alkyl halides is 1. The van der Waals surface area contributed by atoms with E-state index in [-0.39, 0.29) is 31.9 Å². The van der Waals surface area contributed by atoms with Crippen LogP contribution in [0.25, 0.3) is 0 Å². The maximum atomic E-state index is 4.00. The van der Waals surface area contributed by atoms with Crippen LogP contribution in [0.3, 0.4) is 0 Å². The van der Waals surface area contributed by atoms with Crippen LogP contribution in [0, 0.1) is 20.8 Å². The number of rotatable bonds is 5. The van der Waals surface area contributed by atoms with Gasteiger partial charge in [-0.05, 0) is 31.0 Å². The Hall–Kier alpha value is 1.18.